The fourth-order valence-electron chi connectivity index (χ4n) is 3.30. The molecule has 0 amide bonds. The van der Waals surface area contributed by atoms with Gasteiger partial charge in [0.1, 0.15) is 0 Å². The van der Waals surface area contributed by atoms with Crippen molar-refractivity contribution in [2.75, 3.05) is 45.9 Å². The predicted octanol–water partition coefficient (Wildman–Crippen LogP) is 3.16. The minimum atomic E-state index is 0. The highest BCUT2D eigenvalue weighted by Gasteiger charge is 2.19. The molecule has 1 fully saturated rings. The molecule has 6 heteroatoms. The first-order valence-corrected chi connectivity index (χ1v) is 9.84. The van der Waals surface area contributed by atoms with E-state index in [0.29, 0.717) is 6.04 Å². The molecule has 0 aromatic heterocycles. The first-order chi connectivity index (χ1) is 11.8. The number of hydrogen-bond acceptors (Lipinski definition) is 3. The number of nitrogens with one attached hydrogen (secondary N) is 2. The Kier molecular flexibility index (Phi) is 12.5. The van der Waals surface area contributed by atoms with Gasteiger partial charge in [-0.05, 0) is 45.6 Å². The van der Waals surface area contributed by atoms with Gasteiger partial charge >= 0.3 is 0 Å². The average molecular weight is 464 g/mol. The van der Waals surface area contributed by atoms with Crippen molar-refractivity contribution < 1.29 is 4.74 Å². The van der Waals surface area contributed by atoms with Crippen LogP contribution < -0.4 is 10.6 Å². The highest BCUT2D eigenvalue weighted by molar-refractivity contribution is 14.0. The summed E-state index contributed by atoms with van der Waals surface area (Å²) in [6, 6.07) is 0.558. The van der Waals surface area contributed by atoms with E-state index >= 15 is 0 Å². The van der Waals surface area contributed by atoms with Crippen LogP contribution in [-0.2, 0) is 4.74 Å². The third kappa shape index (κ3) is 9.24. The molecule has 2 rings (SSSR count). The van der Waals surface area contributed by atoms with E-state index in [1.807, 2.05) is 0 Å². The third-order valence-electron chi connectivity index (χ3n) is 4.86. The molecule has 0 aromatic carbocycles. The van der Waals surface area contributed by atoms with Gasteiger partial charge in [0.05, 0.1) is 13.2 Å². The van der Waals surface area contributed by atoms with Crippen molar-refractivity contribution in [1.29, 1.82) is 0 Å². The first-order valence-electron chi connectivity index (χ1n) is 9.84. The normalized spacial score (nSPS) is 19.9. The Labute approximate surface area is 171 Å². The van der Waals surface area contributed by atoms with Crippen LogP contribution >= 0.6 is 24.0 Å². The maximum Gasteiger partial charge on any atom is 0.191 e. The Morgan fingerprint density at radius 1 is 1.32 bits per heavy atom. The van der Waals surface area contributed by atoms with Gasteiger partial charge in [-0.25, -0.2) is 0 Å². The summed E-state index contributed by atoms with van der Waals surface area (Å²) in [7, 11) is 0. The van der Waals surface area contributed by atoms with Crippen LogP contribution in [0.4, 0.5) is 0 Å². The van der Waals surface area contributed by atoms with E-state index < -0.39 is 0 Å². The molecule has 0 aliphatic carbocycles. The zero-order valence-electron chi connectivity index (χ0n) is 16.1. The molecule has 0 atom stereocenters. The Morgan fingerprint density at radius 3 is 2.76 bits per heavy atom. The monoisotopic (exact) mass is 464 g/mol. The van der Waals surface area contributed by atoms with Gasteiger partial charge in [-0.3, -0.25) is 4.99 Å². The summed E-state index contributed by atoms with van der Waals surface area (Å²) in [5, 5.41) is 7.03. The second kappa shape index (κ2) is 13.8. The molecule has 1 saturated heterocycles. The molecule has 2 aliphatic rings. The lowest BCUT2D eigenvalue weighted by molar-refractivity contribution is 0.153. The van der Waals surface area contributed by atoms with Crippen LogP contribution in [0.1, 0.15) is 52.4 Å². The van der Waals surface area contributed by atoms with E-state index in [9.17, 15) is 0 Å². The SMILES string of the molecule is CCCCN1CCC(NC(=NCCC2=CCOCC2)NCC)CC1.I. The van der Waals surface area contributed by atoms with Crippen LogP contribution in [0.5, 0.6) is 0 Å². The summed E-state index contributed by atoms with van der Waals surface area (Å²) >= 11 is 0. The molecule has 0 aromatic rings. The second-order valence-electron chi connectivity index (χ2n) is 6.81. The quantitative estimate of drug-likeness (QED) is 0.251. The minimum absolute atomic E-state index is 0. The largest absolute Gasteiger partial charge is 0.377 e. The molecule has 146 valence electrons. The molecule has 5 nitrogen and oxygen atoms in total. The lowest BCUT2D eigenvalue weighted by atomic mass is 10.0. The highest BCUT2D eigenvalue weighted by atomic mass is 127. The lowest BCUT2D eigenvalue weighted by Crippen LogP contribution is -2.48. The summed E-state index contributed by atoms with van der Waals surface area (Å²) in [5.74, 6) is 0.983. The number of nitrogens with zero attached hydrogens (tertiary/aromatic N) is 2. The number of piperidine rings is 1. The molecule has 25 heavy (non-hydrogen) atoms. The van der Waals surface area contributed by atoms with Crippen molar-refractivity contribution >= 4 is 29.9 Å². The van der Waals surface area contributed by atoms with Crippen LogP contribution in [-0.4, -0.2) is 62.8 Å². The average Bonchev–Trinajstić information content (AvgIpc) is 2.62. The Bertz CT molecular complexity index is 406. The van der Waals surface area contributed by atoms with Crippen LogP contribution in [0.2, 0.25) is 0 Å². The number of ether oxygens (including phenoxy) is 1. The van der Waals surface area contributed by atoms with Crippen LogP contribution in [0.25, 0.3) is 0 Å². The van der Waals surface area contributed by atoms with Gasteiger partial charge < -0.3 is 20.3 Å². The first kappa shape index (κ1) is 22.7. The molecule has 2 heterocycles. The highest BCUT2D eigenvalue weighted by Crippen LogP contribution is 2.12. The topological polar surface area (TPSA) is 48.9 Å². The number of halogens is 1. The third-order valence-corrected chi connectivity index (χ3v) is 4.86. The van der Waals surface area contributed by atoms with Gasteiger partial charge in [0.2, 0.25) is 0 Å². The minimum Gasteiger partial charge on any atom is -0.377 e. The number of rotatable bonds is 8. The summed E-state index contributed by atoms with van der Waals surface area (Å²) in [6.45, 7) is 11.5. The molecule has 0 bridgehead atoms. The maximum atomic E-state index is 5.36. The Hall–Kier alpha value is -0.340. The van der Waals surface area contributed by atoms with Crippen molar-refractivity contribution in [2.24, 2.45) is 4.99 Å². The van der Waals surface area contributed by atoms with Crippen LogP contribution in [0.15, 0.2) is 16.6 Å². The molecule has 0 saturated carbocycles. The van der Waals surface area contributed by atoms with Crippen molar-refractivity contribution in [1.82, 2.24) is 15.5 Å². The fraction of sp³-hybridized carbons (Fsp3) is 0.842. The van der Waals surface area contributed by atoms with E-state index in [-0.39, 0.29) is 24.0 Å². The van der Waals surface area contributed by atoms with E-state index in [4.69, 9.17) is 9.73 Å². The number of likely N-dealkylation sites (tertiary alicyclic amines) is 1. The van der Waals surface area contributed by atoms with Crippen LogP contribution in [0.3, 0.4) is 0 Å². The van der Waals surface area contributed by atoms with E-state index in [0.717, 1.165) is 45.1 Å². The van der Waals surface area contributed by atoms with Gasteiger partial charge in [-0.1, -0.05) is 25.0 Å². The molecule has 0 radical (unpaired) electrons. The van der Waals surface area contributed by atoms with Crippen molar-refractivity contribution in [3.8, 4) is 0 Å². The van der Waals surface area contributed by atoms with Gasteiger partial charge in [0.25, 0.3) is 0 Å². The van der Waals surface area contributed by atoms with E-state index in [1.54, 1.807) is 0 Å². The summed E-state index contributed by atoms with van der Waals surface area (Å²) < 4.78 is 5.36. The zero-order chi connectivity index (χ0) is 17.0. The van der Waals surface area contributed by atoms with Crippen LogP contribution in [0, 0.1) is 0 Å². The molecular formula is C19H37IN4O. The molecule has 2 aliphatic heterocycles. The molecule has 0 unspecified atom stereocenters. The number of aliphatic imine (C=N–C) groups is 1. The zero-order valence-corrected chi connectivity index (χ0v) is 18.4. The maximum absolute atomic E-state index is 5.36. The lowest BCUT2D eigenvalue weighted by Gasteiger charge is -2.33. The summed E-state index contributed by atoms with van der Waals surface area (Å²) in [4.78, 5) is 7.37. The van der Waals surface area contributed by atoms with Gasteiger partial charge in [-0.2, -0.15) is 0 Å². The second-order valence-corrected chi connectivity index (χ2v) is 6.81. The summed E-state index contributed by atoms with van der Waals surface area (Å²) in [6.07, 6.45) is 9.38. The molecule has 0 spiro atoms. The van der Waals surface area contributed by atoms with Crippen molar-refractivity contribution in [3.05, 3.63) is 11.6 Å². The van der Waals surface area contributed by atoms with Crippen molar-refractivity contribution in [2.45, 2.75) is 58.4 Å². The smallest absolute Gasteiger partial charge is 0.191 e. The predicted molar refractivity (Wildman–Crippen MR) is 117 cm³/mol. The number of unbranched alkanes of at least 4 members (excludes halogenated alkanes) is 1. The number of hydrogen-bond donors (Lipinski definition) is 2. The molecule has 2 N–H and O–H groups in total. The van der Waals surface area contributed by atoms with Crippen molar-refractivity contribution in [3.63, 3.8) is 0 Å². The number of guanidine groups is 1. The van der Waals surface area contributed by atoms with Gasteiger partial charge in [0, 0.05) is 32.2 Å². The van der Waals surface area contributed by atoms with Gasteiger partial charge in [-0.15, -0.1) is 24.0 Å². The standard InChI is InChI=1S/C19H36N4O.HI/c1-3-5-12-23-13-7-18(8-14-23)22-19(20-4-2)21-11-6-17-9-15-24-16-10-17;/h9,18H,3-8,10-16H2,1-2H3,(H2,20,21,22);1H. The Morgan fingerprint density at radius 2 is 2.12 bits per heavy atom. The van der Waals surface area contributed by atoms with E-state index in [1.165, 1.54) is 50.9 Å². The van der Waals surface area contributed by atoms with Gasteiger partial charge in [0.15, 0.2) is 5.96 Å². The fourth-order valence-corrected chi connectivity index (χ4v) is 3.30. The summed E-state index contributed by atoms with van der Waals surface area (Å²) in [5.41, 5.74) is 1.49. The Balaban J connectivity index is 0.00000312. The molecular weight excluding hydrogens is 427 g/mol. The van der Waals surface area contributed by atoms with E-state index in [2.05, 4.69) is 35.5 Å².